The van der Waals surface area contributed by atoms with E-state index in [2.05, 4.69) is 37.5 Å². The summed E-state index contributed by atoms with van der Waals surface area (Å²) >= 11 is 0. The number of aromatic nitrogens is 6. The molecule has 5 rings (SSSR count). The highest BCUT2D eigenvalue weighted by atomic mass is 16.5. The monoisotopic (exact) mass is 416 g/mol. The standard InChI is InChI=1S/C22H24N8O/c1-4-15-11-20(25-21-10-13(2)27-28-21)26-22(24-15)30-9-7-18(30)19-12-17(29-31-19)16-6-5-8-23-14(16)3/h5-6,8,10-12,18H,4,7,9H2,1-3H3,(H2,24,25,26,27,28). The van der Waals surface area contributed by atoms with E-state index in [0.717, 1.165) is 65.1 Å². The fourth-order valence-corrected chi connectivity index (χ4v) is 3.72. The zero-order valence-corrected chi connectivity index (χ0v) is 17.8. The number of anilines is 3. The van der Waals surface area contributed by atoms with Crippen molar-refractivity contribution < 1.29 is 4.52 Å². The summed E-state index contributed by atoms with van der Waals surface area (Å²) in [5, 5.41) is 14.7. The molecular weight excluding hydrogens is 392 g/mol. The first-order valence-corrected chi connectivity index (χ1v) is 10.4. The van der Waals surface area contributed by atoms with E-state index in [9.17, 15) is 0 Å². The molecule has 0 aromatic carbocycles. The summed E-state index contributed by atoms with van der Waals surface area (Å²) in [6, 6.07) is 9.87. The third-order valence-electron chi connectivity index (χ3n) is 5.51. The van der Waals surface area contributed by atoms with Gasteiger partial charge in [-0.05, 0) is 38.8 Å². The molecule has 1 aliphatic heterocycles. The molecule has 0 aliphatic carbocycles. The Morgan fingerprint density at radius 1 is 1.19 bits per heavy atom. The zero-order valence-electron chi connectivity index (χ0n) is 17.8. The lowest BCUT2D eigenvalue weighted by Crippen LogP contribution is -2.42. The SMILES string of the molecule is CCc1cc(Nc2cc(C)[nH]n2)nc(N2CCC2c2cc(-c3cccnc3C)no2)n1. The molecule has 9 nitrogen and oxygen atoms in total. The Balaban J connectivity index is 1.41. The highest BCUT2D eigenvalue weighted by Crippen LogP contribution is 2.38. The molecule has 0 radical (unpaired) electrons. The van der Waals surface area contributed by atoms with Crippen molar-refractivity contribution in [1.82, 2.24) is 30.3 Å². The van der Waals surface area contributed by atoms with Crippen LogP contribution in [0.15, 0.2) is 41.1 Å². The maximum atomic E-state index is 5.71. The lowest BCUT2D eigenvalue weighted by Gasteiger charge is -2.39. The average Bonchev–Trinajstić information content (AvgIpc) is 3.36. The van der Waals surface area contributed by atoms with Gasteiger partial charge < -0.3 is 14.7 Å². The van der Waals surface area contributed by atoms with Gasteiger partial charge in [0, 0.05) is 53.6 Å². The fourth-order valence-electron chi connectivity index (χ4n) is 3.72. The van der Waals surface area contributed by atoms with E-state index in [1.807, 2.05) is 44.2 Å². The molecule has 1 fully saturated rings. The minimum atomic E-state index is 0.0609. The highest BCUT2D eigenvalue weighted by Gasteiger charge is 2.35. The van der Waals surface area contributed by atoms with E-state index in [-0.39, 0.29) is 6.04 Å². The molecule has 4 aromatic heterocycles. The van der Waals surface area contributed by atoms with Gasteiger partial charge in [0.2, 0.25) is 5.95 Å². The third-order valence-corrected chi connectivity index (χ3v) is 5.51. The first kappa shape index (κ1) is 19.2. The van der Waals surface area contributed by atoms with E-state index in [1.54, 1.807) is 6.20 Å². The molecule has 1 unspecified atom stereocenters. The van der Waals surface area contributed by atoms with Gasteiger partial charge in [0.25, 0.3) is 0 Å². The minimum Gasteiger partial charge on any atom is -0.359 e. The molecule has 0 amide bonds. The number of hydrogen-bond acceptors (Lipinski definition) is 8. The van der Waals surface area contributed by atoms with Crippen LogP contribution in [-0.4, -0.2) is 36.9 Å². The maximum absolute atomic E-state index is 5.71. The normalized spacial score (nSPS) is 15.7. The number of pyridine rings is 1. The summed E-state index contributed by atoms with van der Waals surface area (Å²) in [5.41, 5.74) is 4.66. The molecule has 2 N–H and O–H groups in total. The van der Waals surface area contributed by atoms with Crippen LogP contribution < -0.4 is 10.2 Å². The molecule has 0 spiro atoms. The molecule has 1 atom stereocenters. The van der Waals surface area contributed by atoms with Crippen molar-refractivity contribution in [3.05, 3.63) is 59.4 Å². The van der Waals surface area contributed by atoms with Crippen LogP contribution in [0.4, 0.5) is 17.6 Å². The second-order valence-electron chi connectivity index (χ2n) is 7.71. The summed E-state index contributed by atoms with van der Waals surface area (Å²) in [6.07, 6.45) is 3.55. The van der Waals surface area contributed by atoms with Crippen LogP contribution in [-0.2, 0) is 6.42 Å². The maximum Gasteiger partial charge on any atom is 0.228 e. The topological polar surface area (TPSA) is 109 Å². The lowest BCUT2D eigenvalue weighted by molar-refractivity contribution is 0.315. The Morgan fingerprint density at radius 2 is 2.10 bits per heavy atom. The number of aryl methyl sites for hydroxylation is 3. The van der Waals surface area contributed by atoms with Gasteiger partial charge in [-0.15, -0.1) is 0 Å². The number of nitrogens with zero attached hydrogens (tertiary/aromatic N) is 6. The van der Waals surface area contributed by atoms with Crippen molar-refractivity contribution in [2.24, 2.45) is 0 Å². The smallest absolute Gasteiger partial charge is 0.228 e. The molecule has 31 heavy (non-hydrogen) atoms. The molecule has 0 bridgehead atoms. The molecule has 158 valence electrons. The summed E-state index contributed by atoms with van der Waals surface area (Å²) in [7, 11) is 0. The molecule has 1 aliphatic rings. The number of hydrogen-bond donors (Lipinski definition) is 2. The lowest BCUT2D eigenvalue weighted by atomic mass is 10.00. The van der Waals surface area contributed by atoms with Gasteiger partial charge in [-0.25, -0.2) is 4.98 Å². The first-order chi connectivity index (χ1) is 15.1. The first-order valence-electron chi connectivity index (χ1n) is 10.4. The Kier molecular flexibility index (Phi) is 4.85. The van der Waals surface area contributed by atoms with Gasteiger partial charge in [0.05, 0.1) is 6.04 Å². The van der Waals surface area contributed by atoms with Gasteiger partial charge in [-0.1, -0.05) is 12.1 Å². The van der Waals surface area contributed by atoms with E-state index in [4.69, 9.17) is 14.5 Å². The molecule has 0 saturated carbocycles. The minimum absolute atomic E-state index is 0.0609. The van der Waals surface area contributed by atoms with Crippen molar-refractivity contribution in [1.29, 1.82) is 0 Å². The quantitative estimate of drug-likeness (QED) is 0.483. The summed E-state index contributed by atoms with van der Waals surface area (Å²) in [5.74, 6) is 2.95. The largest absolute Gasteiger partial charge is 0.359 e. The highest BCUT2D eigenvalue weighted by molar-refractivity contribution is 5.62. The second-order valence-corrected chi connectivity index (χ2v) is 7.71. The number of aromatic amines is 1. The van der Waals surface area contributed by atoms with Gasteiger partial charge in [-0.3, -0.25) is 10.1 Å². The molecule has 9 heteroatoms. The Hall–Kier alpha value is -3.75. The van der Waals surface area contributed by atoms with Crippen LogP contribution >= 0.6 is 0 Å². The second kappa shape index (κ2) is 7.82. The Labute approximate surface area is 179 Å². The Bertz CT molecular complexity index is 1210. The van der Waals surface area contributed by atoms with Crippen molar-refractivity contribution in [3.8, 4) is 11.3 Å². The average molecular weight is 416 g/mol. The van der Waals surface area contributed by atoms with Gasteiger partial charge in [0.1, 0.15) is 11.5 Å². The van der Waals surface area contributed by atoms with Crippen LogP contribution in [0, 0.1) is 13.8 Å². The van der Waals surface area contributed by atoms with Gasteiger partial charge >= 0.3 is 0 Å². The predicted molar refractivity (Wildman–Crippen MR) is 117 cm³/mol. The zero-order chi connectivity index (χ0) is 21.4. The van der Waals surface area contributed by atoms with Crippen LogP contribution in [0.1, 0.15) is 42.2 Å². The summed E-state index contributed by atoms with van der Waals surface area (Å²) in [6.45, 7) is 6.88. The van der Waals surface area contributed by atoms with Gasteiger partial charge in [-0.2, -0.15) is 10.1 Å². The van der Waals surface area contributed by atoms with Crippen LogP contribution in [0.5, 0.6) is 0 Å². The third kappa shape index (κ3) is 3.74. The van der Waals surface area contributed by atoms with E-state index in [1.165, 1.54) is 0 Å². The molecule has 4 aromatic rings. The van der Waals surface area contributed by atoms with Crippen molar-refractivity contribution in [2.45, 2.75) is 39.7 Å². The van der Waals surface area contributed by atoms with Crippen LogP contribution in [0.25, 0.3) is 11.3 Å². The van der Waals surface area contributed by atoms with E-state index < -0.39 is 0 Å². The molecular formula is C22H24N8O. The Morgan fingerprint density at radius 3 is 2.81 bits per heavy atom. The van der Waals surface area contributed by atoms with E-state index in [0.29, 0.717) is 5.95 Å². The number of H-pyrrole nitrogens is 1. The van der Waals surface area contributed by atoms with Crippen molar-refractivity contribution in [2.75, 3.05) is 16.8 Å². The number of rotatable bonds is 6. The van der Waals surface area contributed by atoms with E-state index >= 15 is 0 Å². The molecule has 5 heterocycles. The summed E-state index contributed by atoms with van der Waals surface area (Å²) in [4.78, 5) is 16.0. The van der Waals surface area contributed by atoms with Crippen LogP contribution in [0.3, 0.4) is 0 Å². The van der Waals surface area contributed by atoms with Crippen LogP contribution in [0.2, 0.25) is 0 Å². The van der Waals surface area contributed by atoms with Crippen molar-refractivity contribution >= 4 is 17.6 Å². The predicted octanol–water partition coefficient (Wildman–Crippen LogP) is 4.12. The van der Waals surface area contributed by atoms with Crippen molar-refractivity contribution in [3.63, 3.8) is 0 Å². The van der Waals surface area contributed by atoms with Gasteiger partial charge in [0.15, 0.2) is 11.6 Å². The number of nitrogens with one attached hydrogen (secondary N) is 2. The fraction of sp³-hybridized carbons (Fsp3) is 0.318. The molecule has 1 saturated heterocycles. The summed E-state index contributed by atoms with van der Waals surface area (Å²) < 4.78 is 5.71.